The molecule has 0 radical (unpaired) electrons. The normalized spacial score (nSPS) is 17.3. The molecule has 1 unspecified atom stereocenters. The van der Waals surface area contributed by atoms with Crippen LogP contribution in [0, 0.1) is 5.92 Å². The van der Waals surface area contributed by atoms with E-state index >= 15 is 0 Å². The lowest BCUT2D eigenvalue weighted by atomic mass is 9.87. The molecule has 4 nitrogen and oxygen atoms in total. The first kappa shape index (κ1) is 18.2. The van der Waals surface area contributed by atoms with E-state index in [1.54, 1.807) is 0 Å². The summed E-state index contributed by atoms with van der Waals surface area (Å²) in [6.45, 7) is 1.40. The topological polar surface area (TPSA) is 57.6 Å². The van der Waals surface area contributed by atoms with Crippen molar-refractivity contribution in [2.75, 3.05) is 13.1 Å². The summed E-state index contributed by atoms with van der Waals surface area (Å²) in [6, 6.07) is 19.8. The second-order valence-corrected chi connectivity index (χ2v) is 6.98. The van der Waals surface area contributed by atoms with E-state index in [4.69, 9.17) is 5.11 Å². The third-order valence-corrected chi connectivity index (χ3v) is 5.11. The molecule has 0 bridgehead atoms. The summed E-state index contributed by atoms with van der Waals surface area (Å²) in [7, 11) is 0. The zero-order valence-electron chi connectivity index (χ0n) is 14.9. The van der Waals surface area contributed by atoms with Crippen LogP contribution in [0.3, 0.4) is 0 Å². The molecule has 136 valence electrons. The third kappa shape index (κ3) is 4.51. The van der Waals surface area contributed by atoms with E-state index in [1.807, 2.05) is 65.6 Å². The number of nitrogens with zero attached hydrogens (tertiary/aromatic N) is 1. The number of carbonyl (C=O) groups excluding carboxylic acids is 1. The van der Waals surface area contributed by atoms with Gasteiger partial charge in [0.2, 0.25) is 5.91 Å². The molecule has 0 aliphatic carbocycles. The first-order valence-electron chi connectivity index (χ1n) is 9.25. The maximum atomic E-state index is 13.4. The number of likely N-dealkylation sites (tertiary alicyclic amines) is 1. The number of benzene rings is 2. The van der Waals surface area contributed by atoms with E-state index < -0.39 is 5.97 Å². The lowest BCUT2D eigenvalue weighted by Gasteiger charge is -2.35. The van der Waals surface area contributed by atoms with Gasteiger partial charge in [0.1, 0.15) is 0 Å². The number of carboxylic acid groups (broad SMARTS) is 1. The van der Waals surface area contributed by atoms with Crippen LogP contribution in [0.1, 0.15) is 42.7 Å². The van der Waals surface area contributed by atoms with Crippen molar-refractivity contribution in [3.63, 3.8) is 0 Å². The molecule has 1 heterocycles. The molecular formula is C22H25NO3. The minimum absolute atomic E-state index is 0.113. The zero-order valence-corrected chi connectivity index (χ0v) is 14.9. The van der Waals surface area contributed by atoms with Crippen molar-refractivity contribution in [3.05, 3.63) is 71.8 Å². The predicted molar refractivity (Wildman–Crippen MR) is 101 cm³/mol. The number of hydrogen-bond acceptors (Lipinski definition) is 2. The lowest BCUT2D eigenvalue weighted by Crippen LogP contribution is -2.42. The monoisotopic (exact) mass is 351 g/mol. The van der Waals surface area contributed by atoms with Crippen LogP contribution in [-0.4, -0.2) is 35.0 Å². The molecular weight excluding hydrogens is 326 g/mol. The van der Waals surface area contributed by atoms with Crippen LogP contribution in [0.5, 0.6) is 0 Å². The highest BCUT2D eigenvalue weighted by atomic mass is 16.4. The fourth-order valence-electron chi connectivity index (χ4n) is 3.78. The fraction of sp³-hybridized carbons (Fsp3) is 0.364. The molecule has 1 amide bonds. The van der Waals surface area contributed by atoms with Gasteiger partial charge in [-0.3, -0.25) is 9.59 Å². The summed E-state index contributed by atoms with van der Waals surface area (Å²) < 4.78 is 0. The van der Waals surface area contributed by atoms with E-state index in [1.165, 1.54) is 0 Å². The summed E-state index contributed by atoms with van der Waals surface area (Å²) in [6.07, 6.45) is 2.75. The van der Waals surface area contributed by atoms with Crippen molar-refractivity contribution in [2.45, 2.75) is 31.6 Å². The fourth-order valence-corrected chi connectivity index (χ4v) is 3.78. The van der Waals surface area contributed by atoms with Gasteiger partial charge in [-0.05, 0) is 36.3 Å². The van der Waals surface area contributed by atoms with Gasteiger partial charge in [0.15, 0.2) is 0 Å². The Labute approximate surface area is 154 Å². The lowest BCUT2D eigenvalue weighted by molar-refractivity contribution is -0.137. The first-order chi connectivity index (χ1) is 12.6. The van der Waals surface area contributed by atoms with Gasteiger partial charge in [0, 0.05) is 19.5 Å². The van der Waals surface area contributed by atoms with Gasteiger partial charge in [-0.2, -0.15) is 0 Å². The highest BCUT2D eigenvalue weighted by Crippen LogP contribution is 2.30. The quantitative estimate of drug-likeness (QED) is 0.858. The minimum Gasteiger partial charge on any atom is -0.481 e. The minimum atomic E-state index is -0.764. The maximum absolute atomic E-state index is 13.4. The molecule has 3 rings (SSSR count). The molecule has 0 spiro atoms. The van der Waals surface area contributed by atoms with Crippen LogP contribution >= 0.6 is 0 Å². The van der Waals surface area contributed by atoms with Gasteiger partial charge in [-0.25, -0.2) is 0 Å². The number of amides is 1. The van der Waals surface area contributed by atoms with Crippen molar-refractivity contribution < 1.29 is 14.7 Å². The van der Waals surface area contributed by atoms with Crippen molar-refractivity contribution >= 4 is 11.9 Å². The van der Waals surface area contributed by atoms with Gasteiger partial charge in [-0.15, -0.1) is 0 Å². The van der Waals surface area contributed by atoms with E-state index in [9.17, 15) is 9.59 Å². The average molecular weight is 351 g/mol. The van der Waals surface area contributed by atoms with E-state index in [0.717, 1.165) is 30.5 Å². The summed E-state index contributed by atoms with van der Waals surface area (Å²) in [5, 5.41) is 8.92. The molecule has 0 aromatic heterocycles. The van der Waals surface area contributed by atoms with Crippen LogP contribution in [0.4, 0.5) is 0 Å². The van der Waals surface area contributed by atoms with Crippen LogP contribution in [-0.2, 0) is 9.59 Å². The number of carboxylic acids is 1. The van der Waals surface area contributed by atoms with Crippen LogP contribution < -0.4 is 0 Å². The van der Waals surface area contributed by atoms with E-state index in [-0.39, 0.29) is 24.2 Å². The SMILES string of the molecule is O=C(O)CCC1CCCN(C(=O)C(c2ccccc2)c2ccccc2)C1. The Kier molecular flexibility index (Phi) is 6.05. The van der Waals surface area contributed by atoms with Crippen molar-refractivity contribution in [2.24, 2.45) is 5.92 Å². The van der Waals surface area contributed by atoms with E-state index in [2.05, 4.69) is 0 Å². The van der Waals surface area contributed by atoms with Gasteiger partial charge in [0.05, 0.1) is 5.92 Å². The molecule has 4 heteroatoms. The smallest absolute Gasteiger partial charge is 0.303 e. The standard InChI is InChI=1S/C22H25NO3/c24-20(25)14-13-17-8-7-15-23(16-17)22(26)21(18-9-3-1-4-10-18)19-11-5-2-6-12-19/h1-6,9-12,17,21H,7-8,13-16H2,(H,24,25). The number of piperidine rings is 1. The van der Waals surface area contributed by atoms with Crippen molar-refractivity contribution in [3.8, 4) is 0 Å². The molecule has 1 saturated heterocycles. The number of rotatable bonds is 6. The average Bonchev–Trinajstić information content (AvgIpc) is 2.68. The van der Waals surface area contributed by atoms with Gasteiger partial charge < -0.3 is 10.0 Å². The molecule has 26 heavy (non-hydrogen) atoms. The largest absolute Gasteiger partial charge is 0.481 e. The summed E-state index contributed by atoms with van der Waals surface area (Å²) in [4.78, 5) is 26.2. The summed E-state index contributed by atoms with van der Waals surface area (Å²) >= 11 is 0. The third-order valence-electron chi connectivity index (χ3n) is 5.11. The Morgan fingerprint density at radius 2 is 1.58 bits per heavy atom. The van der Waals surface area contributed by atoms with Crippen molar-refractivity contribution in [1.82, 2.24) is 4.90 Å². The molecule has 1 atom stereocenters. The Morgan fingerprint density at radius 1 is 1.00 bits per heavy atom. The first-order valence-corrected chi connectivity index (χ1v) is 9.25. The van der Waals surface area contributed by atoms with Crippen LogP contribution in [0.2, 0.25) is 0 Å². The maximum Gasteiger partial charge on any atom is 0.303 e. The highest BCUT2D eigenvalue weighted by molar-refractivity contribution is 5.87. The Balaban J connectivity index is 1.80. The molecule has 1 N–H and O–H groups in total. The van der Waals surface area contributed by atoms with E-state index in [0.29, 0.717) is 13.0 Å². The highest BCUT2D eigenvalue weighted by Gasteiger charge is 2.30. The second-order valence-electron chi connectivity index (χ2n) is 6.98. The molecule has 2 aromatic rings. The molecule has 0 saturated carbocycles. The Hall–Kier alpha value is -2.62. The van der Waals surface area contributed by atoms with Crippen molar-refractivity contribution in [1.29, 1.82) is 0 Å². The molecule has 2 aromatic carbocycles. The molecule has 1 aliphatic heterocycles. The molecule has 1 fully saturated rings. The number of carbonyl (C=O) groups is 2. The number of aliphatic carboxylic acids is 1. The predicted octanol–water partition coefficient (Wildman–Crippen LogP) is 3.92. The Bertz CT molecular complexity index is 690. The van der Waals surface area contributed by atoms with Gasteiger partial charge >= 0.3 is 5.97 Å². The summed E-state index contributed by atoms with van der Waals surface area (Å²) in [5.41, 5.74) is 1.99. The van der Waals surface area contributed by atoms with Gasteiger partial charge in [0.25, 0.3) is 0 Å². The second kappa shape index (κ2) is 8.65. The summed E-state index contributed by atoms with van der Waals surface area (Å²) in [5.74, 6) is -0.686. The van der Waals surface area contributed by atoms with Gasteiger partial charge in [-0.1, -0.05) is 60.7 Å². The number of hydrogen-bond donors (Lipinski definition) is 1. The van der Waals surface area contributed by atoms with Crippen LogP contribution in [0.25, 0.3) is 0 Å². The zero-order chi connectivity index (χ0) is 18.4. The van der Waals surface area contributed by atoms with Crippen LogP contribution in [0.15, 0.2) is 60.7 Å². The molecule has 1 aliphatic rings. The Morgan fingerprint density at radius 3 is 2.12 bits per heavy atom.